The highest BCUT2D eigenvalue weighted by molar-refractivity contribution is 9.10. The molecule has 1 N–H and O–H groups in total. The van der Waals surface area contributed by atoms with Crippen LogP contribution in [-0.2, 0) is 4.79 Å². The lowest BCUT2D eigenvalue weighted by molar-refractivity contribution is -0.118. The number of rotatable bonds is 7. The van der Waals surface area contributed by atoms with Gasteiger partial charge in [0.2, 0.25) is 0 Å². The zero-order valence-electron chi connectivity index (χ0n) is 17.4. The molecule has 0 saturated carbocycles. The molecule has 0 atom stereocenters. The van der Waals surface area contributed by atoms with E-state index in [0.717, 1.165) is 25.8 Å². The van der Waals surface area contributed by atoms with Crippen molar-refractivity contribution in [2.75, 3.05) is 5.75 Å². The van der Waals surface area contributed by atoms with E-state index >= 15 is 0 Å². The number of hydrazone groups is 1. The molecule has 7 nitrogen and oxygen atoms in total. The van der Waals surface area contributed by atoms with Crippen LogP contribution in [0.25, 0.3) is 17.1 Å². The Morgan fingerprint density at radius 2 is 1.79 bits per heavy atom. The van der Waals surface area contributed by atoms with E-state index in [9.17, 15) is 4.79 Å². The van der Waals surface area contributed by atoms with Crippen LogP contribution in [0.5, 0.6) is 0 Å². The molecule has 0 aliphatic heterocycles. The van der Waals surface area contributed by atoms with Crippen molar-refractivity contribution in [3.63, 3.8) is 0 Å². The summed E-state index contributed by atoms with van der Waals surface area (Å²) in [7, 11) is 0. The van der Waals surface area contributed by atoms with Crippen LogP contribution in [0.2, 0.25) is 0 Å². The minimum Gasteiger partial charge on any atom is -0.272 e. The number of hydrogen-bond acceptors (Lipinski definition) is 6. The minimum atomic E-state index is -0.231. The lowest BCUT2D eigenvalue weighted by atomic mass is 10.1. The summed E-state index contributed by atoms with van der Waals surface area (Å²) in [5, 5.41) is 13.5. The van der Waals surface area contributed by atoms with Gasteiger partial charge in [0.1, 0.15) is 0 Å². The topological polar surface area (TPSA) is 85.1 Å². The highest BCUT2D eigenvalue weighted by Gasteiger charge is 2.17. The summed E-state index contributed by atoms with van der Waals surface area (Å²) >= 11 is 8.20. The van der Waals surface area contributed by atoms with E-state index in [4.69, 9.17) is 0 Å². The quantitative estimate of drug-likeness (QED) is 0.176. The van der Waals surface area contributed by atoms with Gasteiger partial charge in [-0.25, -0.2) is 5.43 Å². The predicted molar refractivity (Wildman–Crippen MR) is 138 cm³/mol. The van der Waals surface area contributed by atoms with Crippen molar-refractivity contribution >= 4 is 55.2 Å². The largest absolute Gasteiger partial charge is 0.272 e. The van der Waals surface area contributed by atoms with Crippen molar-refractivity contribution in [3.8, 4) is 17.1 Å². The molecule has 0 saturated heterocycles. The number of nitrogens with one attached hydrogen (secondary N) is 1. The number of halogens is 2. The minimum absolute atomic E-state index is 0.139. The molecule has 33 heavy (non-hydrogen) atoms. The number of carbonyl (C=O) groups is 1. The standard InChI is InChI=1S/C23H18Br2N6OS/c1-15(17-3-2-4-19(25)13-17)27-28-21(32)14-33-23-30-29-22(16-9-11-26-12-10-16)31(23)20-7-5-18(24)6-8-20/h2-13H,14H2,1H3,(H,28,32)/b27-15+. The highest BCUT2D eigenvalue weighted by atomic mass is 79.9. The number of amides is 1. The maximum Gasteiger partial charge on any atom is 0.250 e. The first kappa shape index (κ1) is 23.3. The monoisotopic (exact) mass is 584 g/mol. The fraction of sp³-hybridized carbons (Fsp3) is 0.0870. The summed E-state index contributed by atoms with van der Waals surface area (Å²) in [6, 6.07) is 19.3. The lowest BCUT2D eigenvalue weighted by Crippen LogP contribution is -2.21. The van der Waals surface area contributed by atoms with E-state index < -0.39 is 0 Å². The summed E-state index contributed by atoms with van der Waals surface area (Å²) in [5.74, 6) is 0.580. The van der Waals surface area contributed by atoms with Gasteiger partial charge in [-0.05, 0) is 61.0 Å². The Balaban J connectivity index is 1.52. The molecule has 2 heterocycles. The number of pyridine rings is 1. The van der Waals surface area contributed by atoms with Gasteiger partial charge in [0.05, 0.1) is 11.5 Å². The van der Waals surface area contributed by atoms with Crippen LogP contribution in [0.3, 0.4) is 0 Å². The Morgan fingerprint density at radius 1 is 1.03 bits per heavy atom. The molecule has 0 unspecified atom stereocenters. The Morgan fingerprint density at radius 3 is 2.52 bits per heavy atom. The fourth-order valence-corrected chi connectivity index (χ4v) is 4.37. The van der Waals surface area contributed by atoms with E-state index in [1.807, 2.05) is 72.2 Å². The van der Waals surface area contributed by atoms with E-state index in [1.54, 1.807) is 12.4 Å². The lowest BCUT2D eigenvalue weighted by Gasteiger charge is -2.10. The molecule has 0 radical (unpaired) electrons. The van der Waals surface area contributed by atoms with Crippen molar-refractivity contribution in [2.24, 2.45) is 5.10 Å². The molecule has 4 rings (SSSR count). The Kier molecular flexibility index (Phi) is 7.69. The molecular weight excluding hydrogens is 568 g/mol. The molecule has 2 aromatic heterocycles. The fourth-order valence-electron chi connectivity index (χ4n) is 2.96. The maximum absolute atomic E-state index is 12.5. The van der Waals surface area contributed by atoms with Gasteiger partial charge in [0, 0.05) is 32.6 Å². The maximum atomic E-state index is 12.5. The van der Waals surface area contributed by atoms with Crippen LogP contribution in [0.1, 0.15) is 12.5 Å². The number of carbonyl (C=O) groups excluding carboxylic acids is 1. The Hall–Kier alpha value is -2.82. The van der Waals surface area contributed by atoms with Crippen molar-refractivity contribution in [3.05, 3.63) is 87.6 Å². The van der Waals surface area contributed by atoms with Gasteiger partial charge in [-0.15, -0.1) is 10.2 Å². The molecule has 0 fully saturated rings. The average molecular weight is 586 g/mol. The van der Waals surface area contributed by atoms with E-state index in [2.05, 4.69) is 57.6 Å². The zero-order valence-corrected chi connectivity index (χ0v) is 21.4. The van der Waals surface area contributed by atoms with E-state index in [-0.39, 0.29) is 11.7 Å². The van der Waals surface area contributed by atoms with E-state index in [0.29, 0.717) is 16.7 Å². The molecule has 10 heteroatoms. The van der Waals surface area contributed by atoms with Crippen molar-refractivity contribution in [2.45, 2.75) is 12.1 Å². The molecule has 166 valence electrons. The first-order valence-corrected chi connectivity index (χ1v) is 12.4. The summed E-state index contributed by atoms with van der Waals surface area (Å²) in [6.45, 7) is 1.85. The van der Waals surface area contributed by atoms with Gasteiger partial charge < -0.3 is 0 Å². The van der Waals surface area contributed by atoms with Gasteiger partial charge in [0.15, 0.2) is 11.0 Å². The summed E-state index contributed by atoms with van der Waals surface area (Å²) in [5.41, 5.74) is 6.03. The van der Waals surface area contributed by atoms with Gasteiger partial charge in [-0.1, -0.05) is 55.8 Å². The molecule has 1 amide bonds. The Labute approximate surface area is 212 Å². The first-order valence-electron chi connectivity index (χ1n) is 9.85. The summed E-state index contributed by atoms with van der Waals surface area (Å²) in [6.07, 6.45) is 3.42. The predicted octanol–water partition coefficient (Wildman–Crippen LogP) is 5.49. The molecule has 0 bridgehead atoms. The summed E-state index contributed by atoms with van der Waals surface area (Å²) < 4.78 is 3.85. The molecule has 0 aliphatic carbocycles. The Bertz CT molecular complexity index is 1290. The smallest absolute Gasteiger partial charge is 0.250 e. The second kappa shape index (κ2) is 10.9. The van der Waals surface area contributed by atoms with Crippen LogP contribution < -0.4 is 5.43 Å². The van der Waals surface area contributed by atoms with Crippen molar-refractivity contribution < 1.29 is 4.79 Å². The molecule has 0 aliphatic rings. The number of thioether (sulfide) groups is 1. The van der Waals surface area contributed by atoms with Gasteiger partial charge in [-0.2, -0.15) is 5.10 Å². The second-order valence-electron chi connectivity index (χ2n) is 6.89. The number of aromatic nitrogens is 4. The first-order chi connectivity index (χ1) is 16.0. The van der Waals surface area contributed by atoms with Crippen LogP contribution in [-0.4, -0.2) is 37.1 Å². The molecule has 0 spiro atoms. The van der Waals surface area contributed by atoms with Crippen molar-refractivity contribution in [1.82, 2.24) is 25.2 Å². The van der Waals surface area contributed by atoms with Crippen LogP contribution >= 0.6 is 43.6 Å². The van der Waals surface area contributed by atoms with Gasteiger partial charge >= 0.3 is 0 Å². The second-order valence-corrected chi connectivity index (χ2v) is 9.66. The third-order valence-electron chi connectivity index (χ3n) is 4.58. The van der Waals surface area contributed by atoms with Gasteiger partial charge in [-0.3, -0.25) is 14.3 Å². The zero-order chi connectivity index (χ0) is 23.2. The SMILES string of the molecule is C/C(=N\NC(=O)CSc1nnc(-c2ccncc2)n1-c1ccc(Br)cc1)c1cccc(Br)c1. The molecule has 4 aromatic rings. The molecule has 2 aromatic carbocycles. The molecular formula is C23H18Br2N6OS. The number of hydrogen-bond donors (Lipinski definition) is 1. The van der Waals surface area contributed by atoms with Crippen LogP contribution in [0.4, 0.5) is 0 Å². The van der Waals surface area contributed by atoms with Gasteiger partial charge in [0.25, 0.3) is 5.91 Å². The normalized spacial score (nSPS) is 11.4. The van der Waals surface area contributed by atoms with Crippen LogP contribution in [0.15, 0.2) is 92.3 Å². The van der Waals surface area contributed by atoms with E-state index in [1.165, 1.54) is 11.8 Å². The van der Waals surface area contributed by atoms with Crippen molar-refractivity contribution in [1.29, 1.82) is 0 Å². The number of nitrogens with zero attached hydrogens (tertiary/aromatic N) is 5. The highest BCUT2D eigenvalue weighted by Crippen LogP contribution is 2.28. The third kappa shape index (κ3) is 5.95. The average Bonchev–Trinajstić information content (AvgIpc) is 3.26. The van der Waals surface area contributed by atoms with Crippen LogP contribution in [0, 0.1) is 0 Å². The number of benzene rings is 2. The summed E-state index contributed by atoms with van der Waals surface area (Å²) in [4.78, 5) is 16.5. The third-order valence-corrected chi connectivity index (χ3v) is 6.53.